The summed E-state index contributed by atoms with van der Waals surface area (Å²) in [6.45, 7) is 1.42. The van der Waals surface area contributed by atoms with E-state index in [2.05, 4.69) is 69.1 Å². The molecule has 0 bridgehead atoms. The normalized spacial score (nSPS) is 24.7. The number of aromatic nitrogens is 4. The number of hydrogen-bond acceptors (Lipinski definition) is 8. The number of aromatic amines is 2. The lowest BCUT2D eigenvalue weighted by Gasteiger charge is -2.26. The first-order chi connectivity index (χ1) is 27.3. The quantitative estimate of drug-likeness (QED) is 0.149. The molecule has 2 aromatic carbocycles. The number of H-pyrrole nitrogens is 2. The van der Waals surface area contributed by atoms with Crippen LogP contribution in [0.5, 0.6) is 0 Å². The van der Waals surface area contributed by atoms with Crippen molar-refractivity contribution in [1.82, 2.24) is 40.4 Å². The van der Waals surface area contributed by atoms with Gasteiger partial charge >= 0.3 is 12.2 Å². The number of amides is 4. The van der Waals surface area contributed by atoms with Crippen molar-refractivity contribution in [3.8, 4) is 33.6 Å². The van der Waals surface area contributed by atoms with Crippen LogP contribution in [0.25, 0.3) is 33.6 Å². The maximum absolute atomic E-state index is 13.6. The molecule has 1 unspecified atom stereocenters. The van der Waals surface area contributed by atoms with E-state index >= 15 is 0 Å². The number of benzene rings is 2. The van der Waals surface area contributed by atoms with Crippen molar-refractivity contribution in [1.29, 1.82) is 0 Å². The number of nitrogens with zero attached hydrogens (tertiary/aromatic N) is 4. The van der Waals surface area contributed by atoms with Gasteiger partial charge in [-0.05, 0) is 86.5 Å². The van der Waals surface area contributed by atoms with Gasteiger partial charge in [0.15, 0.2) is 0 Å². The van der Waals surface area contributed by atoms with Crippen molar-refractivity contribution in [2.24, 2.45) is 11.8 Å². The molecular formula is C42H50N8O6. The Hall–Kier alpha value is -5.66. The van der Waals surface area contributed by atoms with Gasteiger partial charge in [0, 0.05) is 37.0 Å². The molecule has 8 rings (SSSR count). The zero-order valence-electron chi connectivity index (χ0n) is 32.0. The van der Waals surface area contributed by atoms with Crippen molar-refractivity contribution in [2.45, 2.75) is 88.4 Å². The molecule has 2 aliphatic heterocycles. The fourth-order valence-electron chi connectivity index (χ4n) is 9.21. The Kier molecular flexibility index (Phi) is 10.8. The van der Waals surface area contributed by atoms with Gasteiger partial charge < -0.3 is 39.9 Å². The molecule has 2 aromatic heterocycles. The van der Waals surface area contributed by atoms with E-state index in [0.29, 0.717) is 25.9 Å². The number of carbonyl (C=O) groups is 4. The highest BCUT2D eigenvalue weighted by Gasteiger charge is 2.40. The highest BCUT2D eigenvalue weighted by atomic mass is 16.5. The van der Waals surface area contributed by atoms with Gasteiger partial charge in [-0.25, -0.2) is 19.6 Å². The standard InChI is InChI=1S/C42H50N8O6/c1-55-41(53)45-31-17-15-29(21-31)39(51)49-19-3-5-35(49)37-43-23-33(47-37)27-11-7-25(8-12-27)26-9-13-28(14-10-26)34-24-44-38(48-34)36-6-4-20-50(36)40(52)30-16-18-32(22-30)46-42(54)56-2/h7-14,23-24,29-32,35-36H,3-6,15-22H2,1-2H3,(H,43,47)(H,44,48)(H,45,53)(H,46,54)/t29-,30?,31+,32+,35+,36+/m1/s1. The molecule has 14 nitrogen and oxygen atoms in total. The molecule has 14 heteroatoms. The van der Waals surface area contributed by atoms with Crippen molar-refractivity contribution < 1.29 is 28.7 Å². The average Bonchev–Trinajstić information content (AvgIpc) is 4.08. The van der Waals surface area contributed by atoms with Gasteiger partial charge in [-0.1, -0.05) is 48.5 Å². The minimum atomic E-state index is -0.452. The molecule has 4 heterocycles. The lowest BCUT2D eigenvalue weighted by molar-refractivity contribution is -0.137. The van der Waals surface area contributed by atoms with E-state index in [0.717, 1.165) is 96.7 Å². The van der Waals surface area contributed by atoms with Crippen LogP contribution in [0.4, 0.5) is 9.59 Å². The topological polar surface area (TPSA) is 175 Å². The van der Waals surface area contributed by atoms with E-state index < -0.39 is 12.2 Å². The second-order valence-corrected chi connectivity index (χ2v) is 15.6. The van der Waals surface area contributed by atoms with Crippen LogP contribution in [0.1, 0.15) is 87.9 Å². The van der Waals surface area contributed by atoms with Crippen LogP contribution in [0.3, 0.4) is 0 Å². The van der Waals surface area contributed by atoms with Crippen LogP contribution in [-0.4, -0.2) is 93.1 Å². The summed E-state index contributed by atoms with van der Waals surface area (Å²) in [4.78, 5) is 70.8. The second kappa shape index (κ2) is 16.2. The molecule has 56 heavy (non-hydrogen) atoms. The first kappa shape index (κ1) is 37.3. The molecule has 2 aliphatic carbocycles. The van der Waals surface area contributed by atoms with Gasteiger partial charge in [0.2, 0.25) is 11.8 Å². The van der Waals surface area contributed by atoms with Gasteiger partial charge in [-0.3, -0.25) is 9.59 Å². The lowest BCUT2D eigenvalue weighted by atomic mass is 10.0. The number of hydrogen-bond donors (Lipinski definition) is 4. The molecule has 4 amide bonds. The van der Waals surface area contributed by atoms with Crippen LogP contribution in [0.2, 0.25) is 0 Å². The van der Waals surface area contributed by atoms with E-state index in [9.17, 15) is 19.2 Å². The number of methoxy groups -OCH3 is 2. The first-order valence-corrected chi connectivity index (χ1v) is 19.9. The lowest BCUT2D eigenvalue weighted by Crippen LogP contribution is -2.37. The Morgan fingerprint density at radius 2 is 0.982 bits per heavy atom. The maximum Gasteiger partial charge on any atom is 0.407 e. The predicted octanol–water partition coefficient (Wildman–Crippen LogP) is 6.51. The molecule has 0 radical (unpaired) electrons. The summed E-state index contributed by atoms with van der Waals surface area (Å²) < 4.78 is 9.47. The molecule has 4 aliphatic rings. The number of rotatable bonds is 9. The van der Waals surface area contributed by atoms with Crippen molar-refractivity contribution in [3.63, 3.8) is 0 Å². The molecule has 4 aromatic rings. The number of ether oxygens (including phenoxy) is 2. The maximum atomic E-state index is 13.6. The number of nitrogens with one attached hydrogen (secondary N) is 4. The van der Waals surface area contributed by atoms with E-state index in [-0.39, 0.29) is 47.8 Å². The molecule has 6 atom stereocenters. The zero-order valence-corrected chi connectivity index (χ0v) is 32.0. The highest BCUT2D eigenvalue weighted by Crippen LogP contribution is 2.38. The Morgan fingerprint density at radius 3 is 1.38 bits per heavy atom. The van der Waals surface area contributed by atoms with Gasteiger partial charge in [-0.15, -0.1) is 0 Å². The van der Waals surface area contributed by atoms with Crippen molar-refractivity contribution in [2.75, 3.05) is 27.3 Å². The molecule has 2 saturated heterocycles. The first-order valence-electron chi connectivity index (χ1n) is 19.9. The largest absolute Gasteiger partial charge is 0.453 e. The van der Waals surface area contributed by atoms with Crippen LogP contribution < -0.4 is 10.6 Å². The van der Waals surface area contributed by atoms with Crippen molar-refractivity contribution >= 4 is 24.0 Å². The summed E-state index contributed by atoms with van der Waals surface area (Å²) >= 11 is 0. The summed E-state index contributed by atoms with van der Waals surface area (Å²) in [6, 6.07) is 16.5. The number of alkyl carbamates (subject to hydrolysis) is 2. The summed E-state index contributed by atoms with van der Waals surface area (Å²) in [6.07, 6.45) is 10.7. The van der Waals surface area contributed by atoms with Gasteiger partial charge in [0.1, 0.15) is 11.6 Å². The Bertz CT molecular complexity index is 1900. The van der Waals surface area contributed by atoms with Gasteiger partial charge in [0.25, 0.3) is 0 Å². The van der Waals surface area contributed by atoms with Crippen molar-refractivity contribution in [3.05, 3.63) is 72.6 Å². The smallest absolute Gasteiger partial charge is 0.407 e. The molecule has 2 saturated carbocycles. The minimum absolute atomic E-state index is 0.0389. The average molecular weight is 763 g/mol. The zero-order chi connectivity index (χ0) is 38.8. The van der Waals surface area contributed by atoms with E-state index in [1.165, 1.54) is 14.2 Å². The van der Waals surface area contributed by atoms with Crippen LogP contribution in [0, 0.1) is 11.8 Å². The third-order valence-corrected chi connectivity index (χ3v) is 12.2. The molecule has 294 valence electrons. The summed E-state index contributed by atoms with van der Waals surface area (Å²) in [5, 5.41) is 5.69. The van der Waals surface area contributed by atoms with E-state index in [1.54, 1.807) is 0 Å². The summed E-state index contributed by atoms with van der Waals surface area (Å²) in [5.74, 6) is 1.67. The number of imidazole rings is 2. The third-order valence-electron chi connectivity index (χ3n) is 12.2. The molecule has 4 N–H and O–H groups in total. The van der Waals surface area contributed by atoms with E-state index in [4.69, 9.17) is 19.4 Å². The minimum Gasteiger partial charge on any atom is -0.453 e. The molecular weight excluding hydrogens is 713 g/mol. The Morgan fingerprint density at radius 1 is 0.589 bits per heavy atom. The highest BCUT2D eigenvalue weighted by molar-refractivity contribution is 5.81. The van der Waals surface area contributed by atoms with E-state index in [1.807, 2.05) is 22.2 Å². The molecule has 4 fully saturated rings. The Balaban J connectivity index is 0.875. The fraction of sp³-hybridized carbons (Fsp3) is 0.476. The number of likely N-dealkylation sites (tertiary alicyclic amines) is 2. The van der Waals surface area contributed by atoms with Gasteiger partial charge in [-0.2, -0.15) is 0 Å². The summed E-state index contributed by atoms with van der Waals surface area (Å²) in [7, 11) is 2.70. The van der Waals surface area contributed by atoms with Crippen LogP contribution in [-0.2, 0) is 19.1 Å². The number of carbonyl (C=O) groups excluding carboxylic acids is 4. The van der Waals surface area contributed by atoms with Crippen LogP contribution in [0.15, 0.2) is 60.9 Å². The SMILES string of the molecule is COC(=O)N[C@H]1CCC(C(=O)N2CCC[C@H]2c2ncc(-c3ccc(-c4ccc(-c5cnc([C@@H]6CCCN6C(=O)[C@@H]6CC[C@H](NC(=O)OC)C6)[nH]5)cc4)cc3)[nH]2)C1. The molecule has 0 spiro atoms. The predicted molar refractivity (Wildman–Crippen MR) is 208 cm³/mol. The second-order valence-electron chi connectivity index (χ2n) is 15.6. The fourth-order valence-corrected chi connectivity index (χ4v) is 9.21. The van der Waals surface area contributed by atoms with Crippen LogP contribution >= 0.6 is 0 Å². The van der Waals surface area contributed by atoms with Gasteiger partial charge in [0.05, 0.1) is 50.1 Å². The Labute approximate surface area is 326 Å². The summed E-state index contributed by atoms with van der Waals surface area (Å²) in [5.41, 5.74) is 6.02. The monoisotopic (exact) mass is 762 g/mol. The third kappa shape index (κ3) is 7.74.